The van der Waals surface area contributed by atoms with Gasteiger partial charge in [0.25, 0.3) is 0 Å². The van der Waals surface area contributed by atoms with Gasteiger partial charge in [-0.2, -0.15) is 0 Å². The van der Waals surface area contributed by atoms with E-state index in [2.05, 4.69) is 10.6 Å². The first-order valence-electron chi connectivity index (χ1n) is 3.33. The van der Waals surface area contributed by atoms with Crippen molar-refractivity contribution in [1.82, 2.24) is 10.6 Å². The van der Waals surface area contributed by atoms with Crippen LogP contribution in [0.2, 0.25) is 0 Å². The van der Waals surface area contributed by atoms with Crippen LogP contribution in [0.4, 0.5) is 0 Å². The van der Waals surface area contributed by atoms with Crippen molar-refractivity contribution in [2.24, 2.45) is 5.41 Å². The van der Waals surface area contributed by atoms with Crippen molar-refractivity contribution in [2.75, 3.05) is 19.6 Å². The van der Waals surface area contributed by atoms with E-state index in [1.165, 1.54) is 0 Å². The molecule has 2 aliphatic rings. The molecule has 3 heteroatoms. The lowest BCUT2D eigenvalue weighted by Crippen LogP contribution is -2.59. The summed E-state index contributed by atoms with van der Waals surface area (Å²) in [6, 6.07) is 0. The molecule has 1 amide bonds. The molecule has 0 aromatic heterocycles. The molecular weight excluding hydrogens is 116 g/mol. The van der Waals surface area contributed by atoms with Gasteiger partial charge in [-0.15, -0.1) is 0 Å². The van der Waals surface area contributed by atoms with Gasteiger partial charge in [-0.1, -0.05) is 0 Å². The molecule has 2 fully saturated rings. The Balaban J connectivity index is 2.14. The zero-order chi connectivity index (χ0) is 6.32. The maximum Gasteiger partial charge on any atom is 0.229 e. The fraction of sp³-hybridized carbons (Fsp3) is 0.833. The van der Waals surface area contributed by atoms with E-state index >= 15 is 0 Å². The van der Waals surface area contributed by atoms with Gasteiger partial charge in [0.1, 0.15) is 0 Å². The summed E-state index contributed by atoms with van der Waals surface area (Å²) in [6.45, 7) is 2.78. The Morgan fingerprint density at radius 2 is 2.33 bits per heavy atom. The van der Waals surface area contributed by atoms with Crippen LogP contribution >= 0.6 is 0 Å². The van der Waals surface area contributed by atoms with Gasteiger partial charge in [-0.25, -0.2) is 0 Å². The zero-order valence-electron chi connectivity index (χ0n) is 5.24. The molecule has 0 radical (unpaired) electrons. The molecule has 0 aromatic rings. The monoisotopic (exact) mass is 126 g/mol. The minimum absolute atomic E-state index is 0.0139. The van der Waals surface area contributed by atoms with Crippen molar-refractivity contribution in [1.29, 1.82) is 0 Å². The molecule has 50 valence electrons. The summed E-state index contributed by atoms with van der Waals surface area (Å²) in [4.78, 5) is 10.9. The van der Waals surface area contributed by atoms with Crippen LogP contribution in [0, 0.1) is 5.41 Å². The van der Waals surface area contributed by atoms with Crippen molar-refractivity contribution in [2.45, 2.75) is 6.42 Å². The highest BCUT2D eigenvalue weighted by atomic mass is 16.2. The van der Waals surface area contributed by atoms with Gasteiger partial charge in [0.05, 0.1) is 5.41 Å². The van der Waals surface area contributed by atoms with Gasteiger partial charge in [0.15, 0.2) is 0 Å². The molecule has 2 saturated heterocycles. The molecular formula is C6H10N2O. The number of amides is 1. The predicted octanol–water partition coefficient (Wildman–Crippen LogP) is -0.904. The average Bonchev–Trinajstić information content (AvgIpc) is 2.34. The standard InChI is InChI=1S/C6H10N2O/c9-5-6(4-8-5)1-2-7-3-6/h7H,1-4H2,(H,8,9)/t6-/m0/s1. The second kappa shape index (κ2) is 1.48. The molecule has 9 heavy (non-hydrogen) atoms. The lowest BCUT2D eigenvalue weighted by molar-refractivity contribution is -0.138. The molecule has 2 heterocycles. The summed E-state index contributed by atoms with van der Waals surface area (Å²) in [6.07, 6.45) is 1.03. The van der Waals surface area contributed by atoms with Gasteiger partial charge >= 0.3 is 0 Å². The van der Waals surface area contributed by atoms with Crippen LogP contribution in [-0.4, -0.2) is 25.5 Å². The quantitative estimate of drug-likeness (QED) is 0.413. The molecule has 0 aromatic carbocycles. The third-order valence-corrected chi connectivity index (χ3v) is 2.31. The first kappa shape index (κ1) is 5.23. The Labute approximate surface area is 53.8 Å². The topological polar surface area (TPSA) is 41.1 Å². The highest BCUT2D eigenvalue weighted by Crippen LogP contribution is 2.30. The summed E-state index contributed by atoms with van der Waals surface area (Å²) in [5.41, 5.74) is 0.0139. The average molecular weight is 126 g/mol. The second-order valence-corrected chi connectivity index (χ2v) is 2.89. The SMILES string of the molecule is O=C1NC[C@@]12CCNC2. The molecule has 1 atom stereocenters. The number of nitrogens with one attached hydrogen (secondary N) is 2. The van der Waals surface area contributed by atoms with Gasteiger partial charge in [-0.3, -0.25) is 4.79 Å². The van der Waals surface area contributed by atoms with E-state index in [9.17, 15) is 4.79 Å². The molecule has 0 unspecified atom stereocenters. The summed E-state index contributed by atoms with van der Waals surface area (Å²) in [5, 5.41) is 5.95. The molecule has 2 N–H and O–H groups in total. The van der Waals surface area contributed by atoms with E-state index in [0.29, 0.717) is 0 Å². The molecule has 0 bridgehead atoms. The van der Waals surface area contributed by atoms with Crippen molar-refractivity contribution in [3.63, 3.8) is 0 Å². The smallest absolute Gasteiger partial charge is 0.229 e. The van der Waals surface area contributed by atoms with Crippen LogP contribution in [-0.2, 0) is 4.79 Å². The fourth-order valence-corrected chi connectivity index (χ4v) is 1.50. The Morgan fingerprint density at radius 3 is 2.56 bits per heavy atom. The minimum Gasteiger partial charge on any atom is -0.354 e. The highest BCUT2D eigenvalue weighted by molar-refractivity contribution is 5.89. The van der Waals surface area contributed by atoms with Crippen molar-refractivity contribution in [3.05, 3.63) is 0 Å². The number of carbonyl (C=O) groups excluding carboxylic acids is 1. The highest BCUT2D eigenvalue weighted by Gasteiger charge is 2.47. The molecule has 2 aliphatic heterocycles. The van der Waals surface area contributed by atoms with E-state index in [1.54, 1.807) is 0 Å². The Hall–Kier alpha value is -0.570. The first-order valence-corrected chi connectivity index (χ1v) is 3.33. The third-order valence-electron chi connectivity index (χ3n) is 2.31. The van der Waals surface area contributed by atoms with Crippen LogP contribution in [0.25, 0.3) is 0 Å². The van der Waals surface area contributed by atoms with Crippen molar-refractivity contribution >= 4 is 5.91 Å². The number of hydrogen-bond acceptors (Lipinski definition) is 2. The first-order chi connectivity index (χ1) is 4.33. The molecule has 3 nitrogen and oxygen atoms in total. The van der Waals surface area contributed by atoms with E-state index < -0.39 is 0 Å². The molecule has 0 aliphatic carbocycles. The van der Waals surface area contributed by atoms with E-state index in [0.717, 1.165) is 26.1 Å². The maximum absolute atomic E-state index is 10.9. The number of β-lactam (4-membered cyclic amide) rings is 1. The third kappa shape index (κ3) is 0.525. The zero-order valence-corrected chi connectivity index (χ0v) is 5.24. The number of rotatable bonds is 0. The Kier molecular flexibility index (Phi) is 0.858. The van der Waals surface area contributed by atoms with Crippen LogP contribution in [0.5, 0.6) is 0 Å². The van der Waals surface area contributed by atoms with Crippen LogP contribution < -0.4 is 10.6 Å². The summed E-state index contributed by atoms with van der Waals surface area (Å²) in [5.74, 6) is 0.243. The van der Waals surface area contributed by atoms with Crippen LogP contribution in [0.1, 0.15) is 6.42 Å². The second-order valence-electron chi connectivity index (χ2n) is 2.89. The summed E-state index contributed by atoms with van der Waals surface area (Å²) in [7, 11) is 0. The fourth-order valence-electron chi connectivity index (χ4n) is 1.50. The predicted molar refractivity (Wildman–Crippen MR) is 32.9 cm³/mol. The van der Waals surface area contributed by atoms with Crippen molar-refractivity contribution < 1.29 is 4.79 Å². The van der Waals surface area contributed by atoms with Crippen LogP contribution in [0.3, 0.4) is 0 Å². The molecule has 0 saturated carbocycles. The normalized spacial score (nSPS) is 40.7. The van der Waals surface area contributed by atoms with Crippen molar-refractivity contribution in [3.8, 4) is 0 Å². The van der Waals surface area contributed by atoms with Gasteiger partial charge in [0, 0.05) is 13.1 Å². The van der Waals surface area contributed by atoms with Gasteiger partial charge in [0.2, 0.25) is 5.91 Å². The van der Waals surface area contributed by atoms with E-state index in [-0.39, 0.29) is 11.3 Å². The number of hydrogen-bond donors (Lipinski definition) is 2. The minimum atomic E-state index is 0.0139. The summed E-state index contributed by atoms with van der Waals surface area (Å²) < 4.78 is 0. The maximum atomic E-state index is 10.9. The molecule has 1 spiro atoms. The lowest BCUT2D eigenvalue weighted by atomic mass is 9.80. The van der Waals surface area contributed by atoms with E-state index in [4.69, 9.17) is 0 Å². The molecule has 2 rings (SSSR count). The Bertz CT molecular complexity index is 149. The lowest BCUT2D eigenvalue weighted by Gasteiger charge is -2.36. The summed E-state index contributed by atoms with van der Waals surface area (Å²) >= 11 is 0. The van der Waals surface area contributed by atoms with Crippen LogP contribution in [0.15, 0.2) is 0 Å². The van der Waals surface area contributed by atoms with Gasteiger partial charge < -0.3 is 10.6 Å². The number of carbonyl (C=O) groups is 1. The van der Waals surface area contributed by atoms with Gasteiger partial charge in [-0.05, 0) is 13.0 Å². The largest absolute Gasteiger partial charge is 0.354 e. The Morgan fingerprint density at radius 1 is 1.44 bits per heavy atom. The van der Waals surface area contributed by atoms with E-state index in [1.807, 2.05) is 0 Å².